The van der Waals surface area contributed by atoms with Crippen molar-refractivity contribution >= 4 is 49.3 Å². The lowest BCUT2D eigenvalue weighted by Crippen LogP contribution is -1.97. The van der Waals surface area contributed by atoms with Crippen molar-refractivity contribution in [2.45, 2.75) is 0 Å². The summed E-state index contributed by atoms with van der Waals surface area (Å²) in [5, 5.41) is 24.1. The highest BCUT2D eigenvalue weighted by Crippen LogP contribution is 2.39. The van der Waals surface area contributed by atoms with Crippen molar-refractivity contribution in [2.75, 3.05) is 0 Å². The highest BCUT2D eigenvalue weighted by Gasteiger charge is 2.17. The van der Waals surface area contributed by atoms with Gasteiger partial charge >= 0.3 is 0 Å². The third-order valence-corrected chi connectivity index (χ3v) is 9.57. The summed E-state index contributed by atoms with van der Waals surface area (Å²) in [4.78, 5) is 3.67. The normalized spacial score (nSPS) is 11.1. The van der Waals surface area contributed by atoms with E-state index in [4.69, 9.17) is 6.57 Å². The summed E-state index contributed by atoms with van der Waals surface area (Å²) >= 11 is 0. The Bertz CT molecular complexity index is 2900. The van der Waals surface area contributed by atoms with Crippen molar-refractivity contribution in [3.8, 4) is 45.8 Å². The van der Waals surface area contributed by atoms with E-state index in [0.717, 1.165) is 66.5 Å². The summed E-state index contributed by atoms with van der Waals surface area (Å²) in [7, 11) is 0. The molecule has 50 heavy (non-hydrogen) atoms. The molecule has 0 saturated heterocycles. The summed E-state index contributed by atoms with van der Waals surface area (Å²) in [5.74, 6) is 0. The fourth-order valence-corrected chi connectivity index (χ4v) is 7.34. The molecule has 0 amide bonds. The minimum atomic E-state index is 0.556. The molecule has 2 aromatic heterocycles. The molecule has 0 spiro atoms. The zero-order valence-corrected chi connectivity index (χ0v) is 26.7. The van der Waals surface area contributed by atoms with Crippen LogP contribution in [0.15, 0.2) is 152 Å². The minimum Gasteiger partial charge on any atom is -0.311 e. The molecule has 0 aliphatic heterocycles. The summed E-state index contributed by atoms with van der Waals surface area (Å²) in [6.07, 6.45) is 0. The van der Waals surface area contributed by atoms with Gasteiger partial charge in [-0.05, 0) is 89.5 Å². The van der Waals surface area contributed by atoms with Gasteiger partial charge in [0.2, 0.25) is 0 Å². The number of aromatic nitrogens is 2. The maximum absolute atomic E-state index is 10.2. The molecule has 230 valence electrons. The lowest BCUT2D eigenvalue weighted by Gasteiger charge is -2.15. The Labute approximate surface area is 288 Å². The number of para-hydroxylation sites is 3. The summed E-state index contributed by atoms with van der Waals surface area (Å²) in [5.41, 5.74) is 11.8. The van der Waals surface area contributed by atoms with Crippen molar-refractivity contribution in [2.24, 2.45) is 0 Å². The fourth-order valence-electron chi connectivity index (χ4n) is 7.34. The van der Waals surface area contributed by atoms with E-state index in [-0.39, 0.29) is 0 Å². The van der Waals surface area contributed by atoms with Crippen LogP contribution in [-0.4, -0.2) is 9.13 Å². The molecular formula is C45H25N5. The minimum absolute atomic E-state index is 0.556. The number of fused-ring (bicyclic) bond motifs is 6. The molecule has 0 bridgehead atoms. The van der Waals surface area contributed by atoms with Gasteiger partial charge in [0.25, 0.3) is 0 Å². The van der Waals surface area contributed by atoms with Crippen molar-refractivity contribution in [1.29, 1.82) is 10.5 Å². The molecule has 0 atom stereocenters. The lowest BCUT2D eigenvalue weighted by atomic mass is 9.95. The molecule has 0 unspecified atom stereocenters. The standard InChI is InChI=1S/C45H25N5/c1-48-34-17-20-39-40-24-29(27-46)14-21-44(40)49(45(39)26-34)35-18-15-31(16-19-35)32-22-30(28-47)23-33(25-32)36-8-2-5-11-41(36)50-42-12-6-3-9-37(42)38-10-4-7-13-43(38)50/h2-26H. The first-order valence-electron chi connectivity index (χ1n) is 16.2. The molecular weight excluding hydrogens is 611 g/mol. The van der Waals surface area contributed by atoms with Crippen molar-refractivity contribution in [1.82, 2.24) is 9.13 Å². The second-order valence-corrected chi connectivity index (χ2v) is 12.3. The second kappa shape index (κ2) is 11.4. The topological polar surface area (TPSA) is 61.8 Å². The van der Waals surface area contributed by atoms with Gasteiger partial charge in [0.05, 0.1) is 52.1 Å². The number of rotatable bonds is 4. The number of benzene rings is 7. The molecule has 9 aromatic rings. The molecule has 0 saturated carbocycles. The largest absolute Gasteiger partial charge is 0.311 e. The van der Waals surface area contributed by atoms with Crippen molar-refractivity contribution < 1.29 is 0 Å². The van der Waals surface area contributed by atoms with E-state index < -0.39 is 0 Å². The quantitative estimate of drug-likeness (QED) is 0.181. The third kappa shape index (κ3) is 4.45. The van der Waals surface area contributed by atoms with Crippen LogP contribution in [0.25, 0.3) is 82.1 Å². The first-order chi connectivity index (χ1) is 24.6. The first kappa shape index (κ1) is 28.8. The highest BCUT2D eigenvalue weighted by molar-refractivity contribution is 6.11. The maximum atomic E-state index is 10.2. The van der Waals surface area contributed by atoms with E-state index in [1.807, 2.05) is 54.6 Å². The molecule has 2 heterocycles. The molecule has 0 N–H and O–H groups in total. The van der Waals surface area contributed by atoms with E-state index in [0.29, 0.717) is 16.8 Å². The lowest BCUT2D eigenvalue weighted by molar-refractivity contribution is 1.18. The maximum Gasteiger partial charge on any atom is 0.189 e. The second-order valence-electron chi connectivity index (χ2n) is 12.3. The number of hydrogen-bond acceptors (Lipinski definition) is 2. The first-order valence-corrected chi connectivity index (χ1v) is 16.2. The molecule has 0 aliphatic carbocycles. The van der Waals surface area contributed by atoms with Crippen LogP contribution in [0.1, 0.15) is 11.1 Å². The molecule has 0 aliphatic rings. The molecule has 9 rings (SSSR count). The van der Waals surface area contributed by atoms with Crippen molar-refractivity contribution in [3.63, 3.8) is 0 Å². The average molecular weight is 636 g/mol. The predicted molar refractivity (Wildman–Crippen MR) is 202 cm³/mol. The zero-order chi connectivity index (χ0) is 33.8. The Hall–Kier alpha value is -7.39. The highest BCUT2D eigenvalue weighted by atomic mass is 15.0. The molecule has 7 aromatic carbocycles. The van der Waals surface area contributed by atoms with Crippen LogP contribution >= 0.6 is 0 Å². The third-order valence-electron chi connectivity index (χ3n) is 9.57. The van der Waals surface area contributed by atoms with Crippen LogP contribution in [-0.2, 0) is 0 Å². The van der Waals surface area contributed by atoms with Crippen LogP contribution in [0, 0.1) is 29.2 Å². The SMILES string of the molecule is [C-]#[N+]c1ccc2c3cc(C#N)ccc3n(-c3ccc(-c4cc(C#N)cc(-c5ccccc5-n5c6ccccc6c6ccccc65)c4)cc3)c2c1. The monoisotopic (exact) mass is 635 g/mol. The summed E-state index contributed by atoms with van der Waals surface area (Å²) in [6, 6.07) is 55.7. The van der Waals surface area contributed by atoms with Gasteiger partial charge in [-0.2, -0.15) is 10.5 Å². The Morgan fingerprint density at radius 2 is 1.10 bits per heavy atom. The van der Waals surface area contributed by atoms with Crippen LogP contribution in [0.5, 0.6) is 0 Å². The van der Waals surface area contributed by atoms with Crippen molar-refractivity contribution in [3.05, 3.63) is 174 Å². The molecule has 0 fully saturated rings. The van der Waals surface area contributed by atoms with Gasteiger partial charge in [-0.1, -0.05) is 78.9 Å². The van der Waals surface area contributed by atoms with Gasteiger partial charge in [-0.25, -0.2) is 4.85 Å². The van der Waals surface area contributed by atoms with Crippen LogP contribution in [0.2, 0.25) is 0 Å². The zero-order valence-electron chi connectivity index (χ0n) is 26.7. The Morgan fingerprint density at radius 1 is 0.460 bits per heavy atom. The summed E-state index contributed by atoms with van der Waals surface area (Å²) < 4.78 is 4.46. The fraction of sp³-hybridized carbons (Fsp3) is 0. The van der Waals surface area contributed by atoms with E-state index in [9.17, 15) is 10.5 Å². The Kier molecular flexibility index (Phi) is 6.56. The predicted octanol–water partition coefficient (Wildman–Crippen LogP) is 11.5. The number of nitrogens with zero attached hydrogens (tertiary/aromatic N) is 5. The van der Waals surface area contributed by atoms with Gasteiger partial charge in [0.1, 0.15) is 0 Å². The Morgan fingerprint density at radius 3 is 1.82 bits per heavy atom. The number of nitriles is 2. The Balaban J connectivity index is 1.19. The summed E-state index contributed by atoms with van der Waals surface area (Å²) in [6.45, 7) is 7.60. The smallest absolute Gasteiger partial charge is 0.189 e. The molecule has 5 heteroatoms. The van der Waals surface area contributed by atoms with Crippen LogP contribution in [0.3, 0.4) is 0 Å². The van der Waals surface area contributed by atoms with Gasteiger partial charge in [-0.15, -0.1) is 0 Å². The van der Waals surface area contributed by atoms with Crippen LogP contribution in [0.4, 0.5) is 5.69 Å². The molecule has 5 nitrogen and oxygen atoms in total. The van der Waals surface area contributed by atoms with Gasteiger partial charge in [-0.3, -0.25) is 0 Å². The molecule has 0 radical (unpaired) electrons. The van der Waals surface area contributed by atoms with Crippen LogP contribution < -0.4 is 0 Å². The van der Waals surface area contributed by atoms with E-state index in [2.05, 4.69) is 123 Å². The number of hydrogen-bond donors (Lipinski definition) is 0. The average Bonchev–Trinajstić information content (AvgIpc) is 3.69. The van der Waals surface area contributed by atoms with E-state index in [1.165, 1.54) is 10.8 Å². The van der Waals surface area contributed by atoms with Gasteiger partial charge < -0.3 is 9.13 Å². The van der Waals surface area contributed by atoms with E-state index >= 15 is 0 Å². The van der Waals surface area contributed by atoms with E-state index in [1.54, 1.807) is 0 Å². The van der Waals surface area contributed by atoms with Gasteiger partial charge in [0, 0.05) is 38.3 Å². The van der Waals surface area contributed by atoms with Gasteiger partial charge in [0.15, 0.2) is 5.69 Å².